The summed E-state index contributed by atoms with van der Waals surface area (Å²) in [7, 11) is 0. The molecule has 0 aromatic heterocycles. The van der Waals surface area contributed by atoms with Crippen molar-refractivity contribution < 1.29 is 5.11 Å². The predicted molar refractivity (Wildman–Crippen MR) is 55.8 cm³/mol. The third kappa shape index (κ3) is 4.10. The van der Waals surface area contributed by atoms with Crippen LogP contribution in [0.5, 0.6) is 0 Å². The number of hydrogen-bond acceptors (Lipinski definition) is 2. The summed E-state index contributed by atoms with van der Waals surface area (Å²) < 4.78 is 0. The van der Waals surface area contributed by atoms with Gasteiger partial charge in [0.1, 0.15) is 0 Å². The highest BCUT2D eigenvalue weighted by Gasteiger charge is 2.16. The fourth-order valence-corrected chi connectivity index (χ4v) is 2.04. The molecule has 2 nitrogen and oxygen atoms in total. The van der Waals surface area contributed by atoms with Gasteiger partial charge in [-0.25, -0.2) is 0 Å². The maximum atomic E-state index is 9.55. The van der Waals surface area contributed by atoms with Crippen molar-refractivity contribution in [2.75, 3.05) is 19.6 Å². The van der Waals surface area contributed by atoms with E-state index in [1.807, 2.05) is 6.92 Å². The molecule has 0 radical (unpaired) electrons. The quantitative estimate of drug-likeness (QED) is 0.725. The van der Waals surface area contributed by atoms with E-state index in [1.54, 1.807) is 0 Å². The van der Waals surface area contributed by atoms with Crippen LogP contribution in [0.15, 0.2) is 0 Å². The van der Waals surface area contributed by atoms with Gasteiger partial charge >= 0.3 is 0 Å². The van der Waals surface area contributed by atoms with Crippen molar-refractivity contribution in [3.05, 3.63) is 0 Å². The van der Waals surface area contributed by atoms with Crippen molar-refractivity contribution in [2.45, 2.75) is 45.6 Å². The van der Waals surface area contributed by atoms with E-state index in [9.17, 15) is 5.11 Å². The third-order valence-electron chi connectivity index (χ3n) is 2.93. The Morgan fingerprint density at radius 2 is 2.23 bits per heavy atom. The van der Waals surface area contributed by atoms with E-state index in [0.29, 0.717) is 0 Å². The van der Waals surface area contributed by atoms with Crippen LogP contribution in [0.2, 0.25) is 0 Å². The second kappa shape index (κ2) is 5.61. The third-order valence-corrected chi connectivity index (χ3v) is 2.93. The van der Waals surface area contributed by atoms with Gasteiger partial charge in [0.15, 0.2) is 0 Å². The van der Waals surface area contributed by atoms with Gasteiger partial charge in [-0.2, -0.15) is 0 Å². The standard InChI is InChI=1S/C11H23NO/c1-3-11(13)9-12-7-5-4-6-10(2)8-12/h10-11,13H,3-9H2,1-2H3. The first kappa shape index (κ1) is 11.0. The Balaban J connectivity index is 2.30. The Bertz CT molecular complexity index is 138. The Labute approximate surface area is 81.9 Å². The van der Waals surface area contributed by atoms with E-state index in [0.717, 1.165) is 18.9 Å². The van der Waals surface area contributed by atoms with E-state index >= 15 is 0 Å². The molecule has 0 aromatic rings. The highest BCUT2D eigenvalue weighted by Crippen LogP contribution is 2.15. The second-order valence-electron chi connectivity index (χ2n) is 4.42. The molecule has 1 aliphatic heterocycles. The summed E-state index contributed by atoms with van der Waals surface area (Å²) >= 11 is 0. The molecule has 1 N–H and O–H groups in total. The van der Waals surface area contributed by atoms with Crippen LogP contribution in [0.1, 0.15) is 39.5 Å². The van der Waals surface area contributed by atoms with Crippen LogP contribution in [0.25, 0.3) is 0 Å². The Hall–Kier alpha value is -0.0800. The van der Waals surface area contributed by atoms with Gasteiger partial charge in [-0.15, -0.1) is 0 Å². The molecule has 1 saturated heterocycles. The summed E-state index contributed by atoms with van der Waals surface area (Å²) in [5, 5.41) is 9.55. The summed E-state index contributed by atoms with van der Waals surface area (Å²) in [5.74, 6) is 0.812. The molecule has 1 heterocycles. The molecule has 0 spiro atoms. The molecule has 0 bridgehead atoms. The molecule has 13 heavy (non-hydrogen) atoms. The molecule has 0 amide bonds. The zero-order chi connectivity index (χ0) is 9.68. The Kier molecular flexibility index (Phi) is 4.74. The molecule has 1 aliphatic rings. The molecule has 0 aliphatic carbocycles. The SMILES string of the molecule is CCC(O)CN1CCCCC(C)C1. The molecule has 78 valence electrons. The summed E-state index contributed by atoms with van der Waals surface area (Å²) in [6.45, 7) is 7.60. The van der Waals surface area contributed by atoms with Crippen LogP contribution in [0.3, 0.4) is 0 Å². The van der Waals surface area contributed by atoms with E-state index in [1.165, 1.54) is 32.4 Å². The Morgan fingerprint density at radius 1 is 1.46 bits per heavy atom. The van der Waals surface area contributed by atoms with Crippen molar-refractivity contribution in [1.82, 2.24) is 4.90 Å². The van der Waals surface area contributed by atoms with Crippen molar-refractivity contribution >= 4 is 0 Å². The largest absolute Gasteiger partial charge is 0.392 e. The lowest BCUT2D eigenvalue weighted by Crippen LogP contribution is -2.34. The van der Waals surface area contributed by atoms with Crippen molar-refractivity contribution in [1.29, 1.82) is 0 Å². The fourth-order valence-electron chi connectivity index (χ4n) is 2.04. The first-order chi connectivity index (χ1) is 6.22. The van der Waals surface area contributed by atoms with Crippen molar-refractivity contribution in [3.8, 4) is 0 Å². The van der Waals surface area contributed by atoms with E-state index < -0.39 is 0 Å². The number of hydrogen-bond donors (Lipinski definition) is 1. The number of aliphatic hydroxyl groups excluding tert-OH is 1. The molecule has 2 heteroatoms. The molecule has 0 saturated carbocycles. The number of nitrogens with zero attached hydrogens (tertiary/aromatic N) is 1. The monoisotopic (exact) mass is 185 g/mol. The van der Waals surface area contributed by atoms with E-state index in [2.05, 4.69) is 11.8 Å². The van der Waals surface area contributed by atoms with Crippen LogP contribution in [0, 0.1) is 5.92 Å². The van der Waals surface area contributed by atoms with Crippen LogP contribution >= 0.6 is 0 Å². The molecule has 2 atom stereocenters. The summed E-state index contributed by atoms with van der Waals surface area (Å²) in [5.41, 5.74) is 0. The molecule has 2 unspecified atom stereocenters. The highest BCUT2D eigenvalue weighted by atomic mass is 16.3. The topological polar surface area (TPSA) is 23.5 Å². The van der Waals surface area contributed by atoms with Gasteiger partial charge in [0.05, 0.1) is 6.10 Å². The lowest BCUT2D eigenvalue weighted by molar-refractivity contribution is 0.105. The highest BCUT2D eigenvalue weighted by molar-refractivity contribution is 4.70. The lowest BCUT2D eigenvalue weighted by atomic mass is 10.1. The van der Waals surface area contributed by atoms with Gasteiger partial charge < -0.3 is 10.0 Å². The van der Waals surface area contributed by atoms with E-state index in [4.69, 9.17) is 0 Å². The summed E-state index contributed by atoms with van der Waals surface area (Å²) in [4.78, 5) is 2.42. The van der Waals surface area contributed by atoms with Crippen molar-refractivity contribution in [3.63, 3.8) is 0 Å². The zero-order valence-corrected chi connectivity index (χ0v) is 9.00. The average molecular weight is 185 g/mol. The Morgan fingerprint density at radius 3 is 2.92 bits per heavy atom. The average Bonchev–Trinajstić information content (AvgIpc) is 2.30. The normalized spacial score (nSPS) is 28.4. The second-order valence-corrected chi connectivity index (χ2v) is 4.42. The van der Waals surface area contributed by atoms with Gasteiger partial charge in [-0.3, -0.25) is 0 Å². The van der Waals surface area contributed by atoms with Gasteiger partial charge in [0.2, 0.25) is 0 Å². The molecular weight excluding hydrogens is 162 g/mol. The summed E-state index contributed by atoms with van der Waals surface area (Å²) in [6, 6.07) is 0. The summed E-state index contributed by atoms with van der Waals surface area (Å²) in [6.07, 6.45) is 4.79. The maximum absolute atomic E-state index is 9.55. The first-order valence-electron chi connectivity index (χ1n) is 5.62. The molecule has 1 rings (SSSR count). The minimum absolute atomic E-state index is 0.120. The molecule has 0 aromatic carbocycles. The van der Waals surface area contributed by atoms with Crippen LogP contribution < -0.4 is 0 Å². The number of β-amino-alcohol motifs (C(OH)–C–C–N with tert-alkyl or cyclic N) is 1. The van der Waals surface area contributed by atoms with Crippen molar-refractivity contribution in [2.24, 2.45) is 5.92 Å². The maximum Gasteiger partial charge on any atom is 0.0664 e. The van der Waals surface area contributed by atoms with Crippen LogP contribution in [-0.4, -0.2) is 35.7 Å². The fraction of sp³-hybridized carbons (Fsp3) is 1.00. The van der Waals surface area contributed by atoms with Gasteiger partial charge in [-0.1, -0.05) is 20.3 Å². The van der Waals surface area contributed by atoms with Gasteiger partial charge in [-0.05, 0) is 31.7 Å². The van der Waals surface area contributed by atoms with Gasteiger partial charge in [0, 0.05) is 13.1 Å². The number of aliphatic hydroxyl groups is 1. The van der Waals surface area contributed by atoms with Gasteiger partial charge in [0.25, 0.3) is 0 Å². The first-order valence-corrected chi connectivity index (χ1v) is 5.62. The zero-order valence-electron chi connectivity index (χ0n) is 9.00. The van der Waals surface area contributed by atoms with Crippen LogP contribution in [-0.2, 0) is 0 Å². The smallest absolute Gasteiger partial charge is 0.0664 e. The van der Waals surface area contributed by atoms with E-state index in [-0.39, 0.29) is 6.10 Å². The number of rotatable bonds is 3. The minimum atomic E-state index is -0.120. The predicted octanol–water partition coefficient (Wildman–Crippen LogP) is 1.88. The lowest BCUT2D eigenvalue weighted by Gasteiger charge is -2.24. The molecule has 1 fully saturated rings. The van der Waals surface area contributed by atoms with Crippen LogP contribution in [0.4, 0.5) is 0 Å². The number of likely N-dealkylation sites (tertiary alicyclic amines) is 1. The minimum Gasteiger partial charge on any atom is -0.392 e. The molecular formula is C11H23NO.